The lowest BCUT2D eigenvalue weighted by Crippen LogP contribution is -2.32. The Hall–Kier alpha value is -1.38. The van der Waals surface area contributed by atoms with Crippen molar-refractivity contribution in [3.63, 3.8) is 0 Å². The summed E-state index contributed by atoms with van der Waals surface area (Å²) < 4.78 is 27.8. The van der Waals surface area contributed by atoms with E-state index in [2.05, 4.69) is 4.72 Å². The number of rotatable bonds is 8. The van der Waals surface area contributed by atoms with Crippen LogP contribution in [0.25, 0.3) is 0 Å². The molecular formula is C13H22N2O5S. The van der Waals surface area contributed by atoms with Gasteiger partial charge in [0.1, 0.15) is 10.6 Å². The van der Waals surface area contributed by atoms with Gasteiger partial charge >= 0.3 is 5.97 Å². The maximum absolute atomic E-state index is 12.1. The summed E-state index contributed by atoms with van der Waals surface area (Å²) in [5, 5.41) is 18.7. The van der Waals surface area contributed by atoms with Crippen molar-refractivity contribution in [1.29, 1.82) is 0 Å². The monoisotopic (exact) mass is 318 g/mol. The highest BCUT2D eigenvalue weighted by atomic mass is 32.2. The van der Waals surface area contributed by atoms with Gasteiger partial charge in [-0.3, -0.25) is 0 Å². The first-order valence-corrected chi connectivity index (χ1v) is 8.26. The van der Waals surface area contributed by atoms with Crippen molar-refractivity contribution < 1.29 is 23.4 Å². The van der Waals surface area contributed by atoms with Crippen molar-refractivity contribution in [3.8, 4) is 0 Å². The van der Waals surface area contributed by atoms with E-state index in [-0.39, 0.29) is 23.1 Å². The van der Waals surface area contributed by atoms with Crippen LogP contribution in [0.1, 0.15) is 37.7 Å². The van der Waals surface area contributed by atoms with Crippen molar-refractivity contribution in [2.75, 3.05) is 6.54 Å². The van der Waals surface area contributed by atoms with Gasteiger partial charge in [0.25, 0.3) is 0 Å². The number of hydrogen-bond acceptors (Lipinski definition) is 4. The summed E-state index contributed by atoms with van der Waals surface area (Å²) in [5.74, 6) is -0.928. The van der Waals surface area contributed by atoms with Crippen molar-refractivity contribution in [3.05, 3.63) is 18.0 Å². The Kier molecular flexibility index (Phi) is 5.94. The Bertz CT molecular complexity index is 592. The van der Waals surface area contributed by atoms with E-state index in [4.69, 9.17) is 5.11 Å². The van der Waals surface area contributed by atoms with Gasteiger partial charge in [-0.25, -0.2) is 17.9 Å². The highest BCUT2D eigenvalue weighted by Gasteiger charge is 2.21. The number of carboxylic acid groups (broad SMARTS) is 1. The molecule has 0 aliphatic rings. The molecule has 7 nitrogen and oxygen atoms in total. The highest BCUT2D eigenvalue weighted by Crippen LogP contribution is 2.15. The van der Waals surface area contributed by atoms with E-state index in [1.807, 2.05) is 13.8 Å². The molecule has 1 rings (SSSR count). The largest absolute Gasteiger partial charge is 0.477 e. The second kappa shape index (κ2) is 7.06. The van der Waals surface area contributed by atoms with E-state index >= 15 is 0 Å². The molecule has 1 atom stereocenters. The van der Waals surface area contributed by atoms with Gasteiger partial charge in [-0.2, -0.15) is 0 Å². The van der Waals surface area contributed by atoms with E-state index < -0.39 is 22.1 Å². The van der Waals surface area contributed by atoms with Crippen molar-refractivity contribution in [1.82, 2.24) is 9.29 Å². The van der Waals surface area contributed by atoms with E-state index in [0.29, 0.717) is 13.0 Å². The third kappa shape index (κ3) is 4.83. The maximum Gasteiger partial charge on any atom is 0.352 e. The number of nitrogens with zero attached hydrogens (tertiary/aromatic N) is 1. The average molecular weight is 318 g/mol. The molecule has 1 unspecified atom stereocenters. The third-order valence-electron chi connectivity index (χ3n) is 2.99. The molecule has 0 spiro atoms. The lowest BCUT2D eigenvalue weighted by Gasteiger charge is -2.13. The second-order valence-corrected chi connectivity index (χ2v) is 7.05. The fourth-order valence-corrected chi connectivity index (χ4v) is 3.10. The minimum Gasteiger partial charge on any atom is -0.477 e. The van der Waals surface area contributed by atoms with Crippen LogP contribution >= 0.6 is 0 Å². The van der Waals surface area contributed by atoms with Gasteiger partial charge in [-0.1, -0.05) is 13.8 Å². The number of carboxylic acids is 1. The molecule has 0 amide bonds. The van der Waals surface area contributed by atoms with E-state index in [0.717, 1.165) is 6.07 Å². The second-order valence-electron chi connectivity index (χ2n) is 5.29. The molecule has 120 valence electrons. The van der Waals surface area contributed by atoms with Crippen molar-refractivity contribution in [2.24, 2.45) is 5.92 Å². The van der Waals surface area contributed by atoms with Crippen molar-refractivity contribution >= 4 is 16.0 Å². The van der Waals surface area contributed by atoms with Crippen molar-refractivity contribution in [2.45, 2.75) is 44.7 Å². The number of aromatic carboxylic acids is 1. The van der Waals surface area contributed by atoms with Gasteiger partial charge in [0.05, 0.1) is 6.10 Å². The van der Waals surface area contributed by atoms with Crippen LogP contribution in [0.4, 0.5) is 0 Å². The third-order valence-corrected chi connectivity index (χ3v) is 4.38. The summed E-state index contributed by atoms with van der Waals surface area (Å²) in [7, 11) is -3.83. The number of aliphatic hydroxyl groups is 1. The standard InChI is InChI=1S/C13H22N2O5S/c1-4-15-8-11(6-12(15)13(17)18)21(19,20)14-7-10(16)5-9(2)3/h6,8-10,14,16H,4-5,7H2,1-3H3,(H,17,18). The fourth-order valence-electron chi connectivity index (χ4n) is 1.99. The first-order valence-electron chi connectivity index (χ1n) is 6.78. The topological polar surface area (TPSA) is 109 Å². The van der Waals surface area contributed by atoms with Crippen LogP contribution < -0.4 is 4.72 Å². The SMILES string of the molecule is CCn1cc(S(=O)(=O)NCC(O)CC(C)C)cc1C(=O)O. The molecule has 3 N–H and O–H groups in total. The Morgan fingerprint density at radius 2 is 2.05 bits per heavy atom. The number of nitrogens with one attached hydrogen (secondary N) is 1. The normalized spacial score (nSPS) is 13.6. The molecule has 0 aliphatic heterocycles. The highest BCUT2D eigenvalue weighted by molar-refractivity contribution is 7.89. The smallest absolute Gasteiger partial charge is 0.352 e. The van der Waals surface area contributed by atoms with Crippen LogP contribution in [-0.2, 0) is 16.6 Å². The van der Waals surface area contributed by atoms with Crippen LogP contribution in [0.3, 0.4) is 0 Å². The molecule has 1 aromatic rings. The van der Waals surface area contributed by atoms with Crippen LogP contribution in [0.5, 0.6) is 0 Å². The van der Waals surface area contributed by atoms with Gasteiger partial charge in [0.2, 0.25) is 10.0 Å². The van der Waals surface area contributed by atoms with Gasteiger partial charge in [-0.05, 0) is 25.3 Å². The van der Waals surface area contributed by atoms with E-state index in [1.165, 1.54) is 10.8 Å². The molecule has 0 saturated carbocycles. The first kappa shape index (κ1) is 17.7. The Labute approximate surface area is 124 Å². The number of sulfonamides is 1. The summed E-state index contributed by atoms with van der Waals surface area (Å²) in [5.41, 5.74) is -0.0828. The summed E-state index contributed by atoms with van der Waals surface area (Å²) in [6.07, 6.45) is 0.992. The quantitative estimate of drug-likeness (QED) is 0.659. The minimum atomic E-state index is -3.83. The first-order chi connectivity index (χ1) is 9.67. The van der Waals surface area contributed by atoms with E-state index in [1.54, 1.807) is 6.92 Å². The Morgan fingerprint density at radius 1 is 1.43 bits per heavy atom. The molecule has 21 heavy (non-hydrogen) atoms. The molecule has 0 saturated heterocycles. The minimum absolute atomic E-state index is 0.0828. The predicted octanol–water partition coefficient (Wildman–Crippen LogP) is 0.891. The van der Waals surface area contributed by atoms with Crippen LogP contribution in [0, 0.1) is 5.92 Å². The van der Waals surface area contributed by atoms with Crippen LogP contribution in [0.2, 0.25) is 0 Å². The molecule has 0 bridgehead atoms. The number of aliphatic hydroxyl groups excluding tert-OH is 1. The van der Waals surface area contributed by atoms with Crippen LogP contribution in [0.15, 0.2) is 17.2 Å². The summed E-state index contributed by atoms with van der Waals surface area (Å²) in [6.45, 7) is 5.84. The zero-order valence-electron chi connectivity index (χ0n) is 12.4. The lowest BCUT2D eigenvalue weighted by atomic mass is 10.1. The molecule has 0 radical (unpaired) electrons. The zero-order chi connectivity index (χ0) is 16.2. The van der Waals surface area contributed by atoms with Gasteiger partial charge in [0, 0.05) is 19.3 Å². The van der Waals surface area contributed by atoms with Gasteiger partial charge < -0.3 is 14.8 Å². The van der Waals surface area contributed by atoms with Gasteiger partial charge in [0.15, 0.2) is 0 Å². The lowest BCUT2D eigenvalue weighted by molar-refractivity contribution is 0.0685. The number of hydrogen-bond donors (Lipinski definition) is 3. The molecule has 1 aromatic heterocycles. The predicted molar refractivity (Wildman–Crippen MR) is 77.7 cm³/mol. The summed E-state index contributed by atoms with van der Waals surface area (Å²) >= 11 is 0. The molecule has 1 heterocycles. The van der Waals surface area contributed by atoms with E-state index in [9.17, 15) is 18.3 Å². The Morgan fingerprint density at radius 3 is 2.48 bits per heavy atom. The maximum atomic E-state index is 12.1. The van der Waals surface area contributed by atoms with Crippen LogP contribution in [-0.4, -0.2) is 41.8 Å². The average Bonchev–Trinajstić information content (AvgIpc) is 2.80. The molecular weight excluding hydrogens is 296 g/mol. The molecule has 8 heteroatoms. The fraction of sp³-hybridized carbons (Fsp3) is 0.615. The van der Waals surface area contributed by atoms with Gasteiger partial charge in [-0.15, -0.1) is 0 Å². The molecule has 0 aliphatic carbocycles. The summed E-state index contributed by atoms with van der Waals surface area (Å²) in [4.78, 5) is 10.9. The number of aryl methyl sites for hydroxylation is 1. The molecule has 0 aromatic carbocycles. The number of aromatic nitrogens is 1. The zero-order valence-corrected chi connectivity index (χ0v) is 13.2. The number of carbonyl (C=O) groups is 1. The molecule has 0 fully saturated rings. The summed E-state index contributed by atoms with van der Waals surface area (Å²) in [6, 6.07) is 1.11. The Balaban J connectivity index is 2.86.